The van der Waals surface area contributed by atoms with Crippen molar-refractivity contribution in [1.82, 2.24) is 5.01 Å². The summed E-state index contributed by atoms with van der Waals surface area (Å²) in [5.74, 6) is -1.41. The number of carbonyl (C=O) groups is 2. The monoisotopic (exact) mass is 495 g/mol. The zero-order chi connectivity index (χ0) is 25.2. The summed E-state index contributed by atoms with van der Waals surface area (Å²) in [6.07, 6.45) is 1.59. The van der Waals surface area contributed by atoms with Crippen LogP contribution < -0.4 is 15.8 Å². The number of halogens is 1. The SMILES string of the molecule is Cc1ccc(NC(=O)N2N=CCC2C(=O)Nc2ccc(-c3ccccc3S(N)(=O)=O)cc2F)cc1. The Bertz CT molecular complexity index is 1420. The maximum atomic E-state index is 14.9. The first-order valence-electron chi connectivity index (χ1n) is 10.6. The van der Waals surface area contributed by atoms with Gasteiger partial charge in [-0.15, -0.1) is 0 Å². The first-order chi connectivity index (χ1) is 16.6. The predicted molar refractivity (Wildman–Crippen MR) is 131 cm³/mol. The van der Waals surface area contributed by atoms with Gasteiger partial charge in [-0.05, 0) is 42.8 Å². The van der Waals surface area contributed by atoms with E-state index in [-0.39, 0.29) is 28.1 Å². The third-order valence-electron chi connectivity index (χ3n) is 5.38. The van der Waals surface area contributed by atoms with Crippen molar-refractivity contribution in [2.24, 2.45) is 10.2 Å². The van der Waals surface area contributed by atoms with E-state index in [1.54, 1.807) is 18.2 Å². The summed E-state index contributed by atoms with van der Waals surface area (Å²) < 4.78 is 38.6. The van der Waals surface area contributed by atoms with Crippen LogP contribution in [-0.2, 0) is 14.8 Å². The Kier molecular flexibility index (Phi) is 6.63. The Labute approximate surface area is 201 Å². The number of anilines is 2. The smallest absolute Gasteiger partial charge is 0.322 e. The summed E-state index contributed by atoms with van der Waals surface area (Å²) in [6, 6.07) is 15.4. The number of carbonyl (C=O) groups excluding carboxylic acids is 2. The molecule has 0 saturated heterocycles. The molecule has 3 aromatic carbocycles. The molecule has 11 heteroatoms. The third-order valence-corrected chi connectivity index (χ3v) is 6.34. The molecule has 4 N–H and O–H groups in total. The van der Waals surface area contributed by atoms with Crippen LogP contribution in [0.2, 0.25) is 0 Å². The number of rotatable bonds is 5. The highest BCUT2D eigenvalue weighted by atomic mass is 32.2. The number of nitrogens with one attached hydrogen (secondary N) is 2. The van der Waals surface area contributed by atoms with Crippen molar-refractivity contribution in [1.29, 1.82) is 0 Å². The molecule has 1 heterocycles. The molecule has 0 aromatic heterocycles. The largest absolute Gasteiger partial charge is 0.343 e. The lowest BCUT2D eigenvalue weighted by atomic mass is 10.0. The number of urea groups is 1. The highest BCUT2D eigenvalue weighted by Gasteiger charge is 2.33. The molecule has 3 amide bonds. The van der Waals surface area contributed by atoms with Crippen LogP contribution in [0.4, 0.5) is 20.6 Å². The van der Waals surface area contributed by atoms with Crippen LogP contribution in [0.25, 0.3) is 11.1 Å². The second-order valence-electron chi connectivity index (χ2n) is 7.92. The number of sulfonamides is 1. The number of amides is 3. The van der Waals surface area contributed by atoms with Gasteiger partial charge in [0.25, 0.3) is 0 Å². The molecule has 0 spiro atoms. The number of hydrogen-bond donors (Lipinski definition) is 3. The van der Waals surface area contributed by atoms with Gasteiger partial charge in [-0.1, -0.05) is 42.0 Å². The van der Waals surface area contributed by atoms with Gasteiger partial charge >= 0.3 is 6.03 Å². The molecule has 9 nitrogen and oxygen atoms in total. The van der Waals surface area contributed by atoms with Gasteiger partial charge in [-0.2, -0.15) is 5.10 Å². The molecule has 4 rings (SSSR count). The average Bonchev–Trinajstić information content (AvgIpc) is 3.32. The van der Waals surface area contributed by atoms with Crippen molar-refractivity contribution in [3.8, 4) is 11.1 Å². The fourth-order valence-electron chi connectivity index (χ4n) is 3.60. The van der Waals surface area contributed by atoms with E-state index in [0.717, 1.165) is 16.6 Å². The quantitative estimate of drug-likeness (QED) is 0.498. The molecule has 1 unspecified atom stereocenters. The van der Waals surface area contributed by atoms with Crippen molar-refractivity contribution in [3.05, 3.63) is 78.1 Å². The zero-order valence-electron chi connectivity index (χ0n) is 18.6. The van der Waals surface area contributed by atoms with E-state index in [1.807, 2.05) is 19.1 Å². The van der Waals surface area contributed by atoms with Crippen LogP contribution in [0.1, 0.15) is 12.0 Å². The lowest BCUT2D eigenvalue weighted by Crippen LogP contribution is -2.43. The number of aryl methyl sites for hydroxylation is 1. The highest BCUT2D eigenvalue weighted by Crippen LogP contribution is 2.29. The van der Waals surface area contributed by atoms with E-state index in [4.69, 9.17) is 5.14 Å². The minimum atomic E-state index is -4.02. The molecule has 180 valence electrons. The van der Waals surface area contributed by atoms with Crippen molar-refractivity contribution < 1.29 is 22.4 Å². The number of primary sulfonamides is 1. The second kappa shape index (κ2) is 9.65. The highest BCUT2D eigenvalue weighted by molar-refractivity contribution is 7.89. The summed E-state index contributed by atoms with van der Waals surface area (Å²) in [6.45, 7) is 1.92. The van der Waals surface area contributed by atoms with E-state index in [0.29, 0.717) is 5.69 Å². The van der Waals surface area contributed by atoms with E-state index < -0.39 is 33.8 Å². The Hall–Kier alpha value is -4.09. The first kappa shape index (κ1) is 24.0. The fraction of sp³-hybridized carbons (Fsp3) is 0.125. The van der Waals surface area contributed by atoms with Crippen LogP contribution in [-0.4, -0.2) is 37.6 Å². The van der Waals surface area contributed by atoms with Gasteiger partial charge in [0.2, 0.25) is 15.9 Å². The van der Waals surface area contributed by atoms with Gasteiger partial charge in [0.05, 0.1) is 10.6 Å². The summed E-state index contributed by atoms with van der Waals surface area (Å²) in [5, 5.41) is 15.4. The number of hydrazone groups is 1. The molecule has 0 saturated carbocycles. The molecule has 35 heavy (non-hydrogen) atoms. The summed E-state index contributed by atoms with van der Waals surface area (Å²) in [4.78, 5) is 25.3. The normalized spacial score (nSPS) is 15.2. The van der Waals surface area contributed by atoms with Gasteiger partial charge in [-0.25, -0.2) is 27.8 Å². The second-order valence-corrected chi connectivity index (χ2v) is 9.45. The molecule has 1 atom stereocenters. The maximum Gasteiger partial charge on any atom is 0.343 e. The molecular formula is C24H22FN5O4S. The maximum absolute atomic E-state index is 14.9. The van der Waals surface area contributed by atoms with E-state index in [9.17, 15) is 22.4 Å². The molecule has 0 bridgehead atoms. The van der Waals surface area contributed by atoms with Gasteiger partial charge in [0, 0.05) is 23.9 Å². The van der Waals surface area contributed by atoms with E-state index in [2.05, 4.69) is 15.7 Å². The van der Waals surface area contributed by atoms with Crippen LogP contribution >= 0.6 is 0 Å². The van der Waals surface area contributed by atoms with Crippen LogP contribution in [0.5, 0.6) is 0 Å². The molecule has 1 aliphatic heterocycles. The summed E-state index contributed by atoms with van der Waals surface area (Å²) >= 11 is 0. The molecule has 1 aliphatic rings. The molecule has 0 fully saturated rings. The molecule has 3 aromatic rings. The zero-order valence-corrected chi connectivity index (χ0v) is 19.4. The standard InChI is InChI=1S/C24H22FN5O4S/c1-15-6-9-17(10-7-15)28-24(32)30-21(12-13-27-30)23(31)29-20-11-8-16(14-19(20)25)18-4-2-3-5-22(18)35(26,33)34/h2-11,13-14,21H,12H2,1H3,(H,28,32)(H,29,31)(H2,26,33,34). The van der Waals surface area contributed by atoms with Crippen molar-refractivity contribution in [2.75, 3.05) is 10.6 Å². The van der Waals surface area contributed by atoms with E-state index >= 15 is 0 Å². The van der Waals surface area contributed by atoms with Crippen molar-refractivity contribution >= 4 is 39.6 Å². The van der Waals surface area contributed by atoms with Crippen LogP contribution in [0, 0.1) is 12.7 Å². The predicted octanol–water partition coefficient (Wildman–Crippen LogP) is 3.68. The Balaban J connectivity index is 1.49. The number of nitrogens with two attached hydrogens (primary N) is 1. The van der Waals surface area contributed by atoms with Gasteiger partial charge in [0.15, 0.2) is 0 Å². The Morgan fingerprint density at radius 2 is 1.77 bits per heavy atom. The fourth-order valence-corrected chi connectivity index (χ4v) is 4.36. The number of benzene rings is 3. The third kappa shape index (κ3) is 5.36. The minimum Gasteiger partial charge on any atom is -0.322 e. The Morgan fingerprint density at radius 3 is 2.46 bits per heavy atom. The Morgan fingerprint density at radius 1 is 1.06 bits per heavy atom. The first-order valence-corrected chi connectivity index (χ1v) is 12.1. The summed E-state index contributed by atoms with van der Waals surface area (Å²) in [5.41, 5.74) is 1.95. The van der Waals surface area contributed by atoms with Gasteiger partial charge in [-0.3, -0.25) is 4.79 Å². The lowest BCUT2D eigenvalue weighted by molar-refractivity contribution is -0.119. The summed E-state index contributed by atoms with van der Waals surface area (Å²) in [7, 11) is -4.02. The minimum absolute atomic E-state index is 0.127. The number of hydrogen-bond acceptors (Lipinski definition) is 5. The molecular weight excluding hydrogens is 473 g/mol. The van der Waals surface area contributed by atoms with Crippen molar-refractivity contribution in [3.63, 3.8) is 0 Å². The van der Waals surface area contributed by atoms with E-state index in [1.165, 1.54) is 36.5 Å². The average molecular weight is 496 g/mol. The van der Waals surface area contributed by atoms with Gasteiger partial charge in [0.1, 0.15) is 11.9 Å². The van der Waals surface area contributed by atoms with Crippen molar-refractivity contribution in [2.45, 2.75) is 24.3 Å². The number of nitrogens with zero attached hydrogens (tertiary/aromatic N) is 2. The topological polar surface area (TPSA) is 134 Å². The van der Waals surface area contributed by atoms with Crippen LogP contribution in [0.3, 0.4) is 0 Å². The van der Waals surface area contributed by atoms with Crippen LogP contribution in [0.15, 0.2) is 76.7 Å². The molecule has 0 aliphatic carbocycles. The lowest BCUT2D eigenvalue weighted by Gasteiger charge is -2.22. The molecule has 0 radical (unpaired) electrons. The van der Waals surface area contributed by atoms with Gasteiger partial charge < -0.3 is 10.6 Å².